The van der Waals surface area contributed by atoms with Gasteiger partial charge in [-0.05, 0) is 34.4 Å². The number of benzene rings is 2. The van der Waals surface area contributed by atoms with Crippen molar-refractivity contribution in [3.05, 3.63) is 57.6 Å². The molecule has 0 unspecified atom stereocenters. The summed E-state index contributed by atoms with van der Waals surface area (Å²) in [6, 6.07) is 6.69. The number of hydrogen-bond acceptors (Lipinski definition) is 6. The second kappa shape index (κ2) is 7.22. The molecule has 0 aliphatic heterocycles. The van der Waals surface area contributed by atoms with Gasteiger partial charge in [0.2, 0.25) is 0 Å². The molecule has 4 rings (SSSR count). The summed E-state index contributed by atoms with van der Waals surface area (Å²) in [6.45, 7) is 0. The number of aliphatic hydroxyl groups is 4. The number of rotatable bonds is 2. The number of phenols is 2. The van der Waals surface area contributed by atoms with Crippen LogP contribution >= 0.6 is 0 Å². The van der Waals surface area contributed by atoms with Crippen molar-refractivity contribution in [3.63, 3.8) is 0 Å². The Morgan fingerprint density at radius 3 is 1.21 bits per heavy atom. The molecule has 0 radical (unpaired) electrons. The maximum absolute atomic E-state index is 10.1. The molecule has 2 aliphatic carbocycles. The molecule has 0 aromatic heterocycles. The highest BCUT2D eigenvalue weighted by Crippen LogP contribution is 2.35. The Bertz CT molecular complexity index is 860. The van der Waals surface area contributed by atoms with E-state index in [4.69, 9.17) is 0 Å². The van der Waals surface area contributed by atoms with Crippen LogP contribution in [0.4, 0.5) is 0 Å². The Labute approximate surface area is 162 Å². The Kier molecular flexibility index (Phi) is 4.89. The first-order valence-corrected chi connectivity index (χ1v) is 9.43. The van der Waals surface area contributed by atoms with Crippen molar-refractivity contribution in [1.82, 2.24) is 0 Å². The molecule has 6 N–H and O–H groups in total. The first-order valence-electron chi connectivity index (χ1n) is 9.43. The zero-order valence-electron chi connectivity index (χ0n) is 15.3. The molecule has 6 heteroatoms. The summed E-state index contributed by atoms with van der Waals surface area (Å²) >= 11 is 0. The lowest BCUT2D eigenvalue weighted by Gasteiger charge is -2.28. The Balaban J connectivity index is 1.72. The van der Waals surface area contributed by atoms with Crippen LogP contribution < -0.4 is 0 Å². The highest BCUT2D eigenvalue weighted by atomic mass is 16.3. The normalized spacial score (nSPS) is 26.9. The van der Waals surface area contributed by atoms with E-state index in [9.17, 15) is 30.6 Å². The number of aliphatic hydroxyl groups excluding tert-OH is 4. The van der Waals surface area contributed by atoms with Gasteiger partial charge < -0.3 is 30.6 Å². The van der Waals surface area contributed by atoms with E-state index in [1.165, 1.54) is 0 Å². The second-order valence-corrected chi connectivity index (χ2v) is 7.68. The third kappa shape index (κ3) is 3.29. The van der Waals surface area contributed by atoms with Gasteiger partial charge in [0.05, 0.1) is 24.4 Å². The van der Waals surface area contributed by atoms with Gasteiger partial charge >= 0.3 is 0 Å². The van der Waals surface area contributed by atoms with Crippen LogP contribution in [0, 0.1) is 0 Å². The van der Waals surface area contributed by atoms with Gasteiger partial charge in [0.1, 0.15) is 11.5 Å². The monoisotopic (exact) mass is 384 g/mol. The fourth-order valence-electron chi connectivity index (χ4n) is 4.21. The van der Waals surface area contributed by atoms with Crippen molar-refractivity contribution in [3.8, 4) is 11.5 Å². The minimum Gasteiger partial charge on any atom is -0.508 e. The first-order chi connectivity index (χ1) is 13.3. The Morgan fingerprint density at radius 2 is 0.857 bits per heavy atom. The van der Waals surface area contributed by atoms with Crippen molar-refractivity contribution in [1.29, 1.82) is 0 Å². The fraction of sp³-hybridized carbons (Fsp3) is 0.364. The van der Waals surface area contributed by atoms with Gasteiger partial charge in [-0.3, -0.25) is 0 Å². The number of hydrogen-bond donors (Lipinski definition) is 6. The standard InChI is InChI=1S/C22H24O6/c23-17-5-3-11(13-7-19(25)21(27)9-15(13)17)1-2-12-4-6-18(24)16-10-22(28)20(26)8-14(12)16/h1-6,19-28H,7-10H2/b2-1+/t19-,20-,21+,22+/m0/s1. The van der Waals surface area contributed by atoms with Crippen LogP contribution in [0.3, 0.4) is 0 Å². The molecule has 2 aromatic rings. The molecule has 0 saturated heterocycles. The summed E-state index contributed by atoms with van der Waals surface area (Å²) in [5, 5.41) is 60.1. The first kappa shape index (κ1) is 19.0. The van der Waals surface area contributed by atoms with Gasteiger partial charge in [0.25, 0.3) is 0 Å². The molecule has 0 saturated carbocycles. The Morgan fingerprint density at radius 1 is 0.536 bits per heavy atom. The average molecular weight is 384 g/mol. The smallest absolute Gasteiger partial charge is 0.119 e. The minimum absolute atomic E-state index is 0.109. The molecule has 4 atom stereocenters. The van der Waals surface area contributed by atoms with Crippen LogP contribution in [0.5, 0.6) is 11.5 Å². The van der Waals surface area contributed by atoms with Gasteiger partial charge in [0, 0.05) is 36.8 Å². The van der Waals surface area contributed by atoms with Gasteiger partial charge in [0.15, 0.2) is 0 Å². The van der Waals surface area contributed by atoms with E-state index in [1.807, 2.05) is 12.2 Å². The van der Waals surface area contributed by atoms with Crippen LogP contribution in [0.1, 0.15) is 33.4 Å². The molecular formula is C22H24O6. The predicted molar refractivity (Wildman–Crippen MR) is 104 cm³/mol. The third-order valence-corrected chi connectivity index (χ3v) is 5.87. The second-order valence-electron chi connectivity index (χ2n) is 7.68. The van der Waals surface area contributed by atoms with Crippen molar-refractivity contribution in [2.75, 3.05) is 0 Å². The topological polar surface area (TPSA) is 121 Å². The summed E-state index contributed by atoms with van der Waals surface area (Å²) in [5.41, 5.74) is 4.56. The lowest BCUT2D eigenvalue weighted by Crippen LogP contribution is -2.35. The van der Waals surface area contributed by atoms with Crippen LogP contribution in [-0.2, 0) is 25.7 Å². The van der Waals surface area contributed by atoms with E-state index < -0.39 is 24.4 Å². The largest absolute Gasteiger partial charge is 0.508 e. The average Bonchev–Trinajstić information content (AvgIpc) is 2.66. The Hall–Kier alpha value is -2.38. The molecule has 0 amide bonds. The maximum atomic E-state index is 10.1. The zero-order valence-corrected chi connectivity index (χ0v) is 15.3. The van der Waals surface area contributed by atoms with Gasteiger partial charge in [-0.1, -0.05) is 24.3 Å². The van der Waals surface area contributed by atoms with E-state index in [0.29, 0.717) is 11.1 Å². The number of aromatic hydroxyl groups is 2. The molecule has 2 aromatic carbocycles. The zero-order chi connectivity index (χ0) is 20.0. The maximum Gasteiger partial charge on any atom is 0.119 e. The lowest BCUT2D eigenvalue weighted by atomic mass is 9.83. The minimum atomic E-state index is -0.894. The van der Waals surface area contributed by atoms with E-state index in [2.05, 4.69) is 0 Å². The van der Waals surface area contributed by atoms with Crippen molar-refractivity contribution < 1.29 is 30.6 Å². The van der Waals surface area contributed by atoms with Crippen molar-refractivity contribution >= 4 is 12.2 Å². The van der Waals surface area contributed by atoms with E-state index in [0.717, 1.165) is 22.3 Å². The number of fused-ring (bicyclic) bond motifs is 2. The summed E-state index contributed by atoms with van der Waals surface area (Å²) in [4.78, 5) is 0. The van der Waals surface area contributed by atoms with Crippen molar-refractivity contribution in [2.24, 2.45) is 0 Å². The van der Waals surface area contributed by atoms with Crippen molar-refractivity contribution in [2.45, 2.75) is 50.1 Å². The lowest BCUT2D eigenvalue weighted by molar-refractivity contribution is 0.0136. The molecule has 148 valence electrons. The SMILES string of the molecule is Oc1ccc(/C=C/c2ccc(O)c3c2C[C@H](O)[C@H](O)C3)c2c1C[C@@H](O)[C@@H](O)C2. The predicted octanol–water partition coefficient (Wildman–Crippen LogP) is 0.909. The third-order valence-electron chi connectivity index (χ3n) is 5.87. The molecular weight excluding hydrogens is 360 g/mol. The quantitative estimate of drug-likeness (QED) is 0.428. The summed E-state index contributed by atoms with van der Waals surface area (Å²) in [7, 11) is 0. The molecule has 0 bridgehead atoms. The van der Waals surface area contributed by atoms with E-state index in [-0.39, 0.29) is 37.2 Å². The summed E-state index contributed by atoms with van der Waals surface area (Å²) in [5.74, 6) is 0.217. The van der Waals surface area contributed by atoms with Gasteiger partial charge in [-0.2, -0.15) is 0 Å². The molecule has 0 fully saturated rings. The molecule has 0 heterocycles. The summed E-state index contributed by atoms with van der Waals surface area (Å²) < 4.78 is 0. The molecule has 0 spiro atoms. The van der Waals surface area contributed by atoms with Gasteiger partial charge in [-0.15, -0.1) is 0 Å². The molecule has 2 aliphatic rings. The highest BCUT2D eigenvalue weighted by molar-refractivity contribution is 5.75. The van der Waals surface area contributed by atoms with Crippen LogP contribution in [-0.4, -0.2) is 55.1 Å². The van der Waals surface area contributed by atoms with Crippen LogP contribution in [0.2, 0.25) is 0 Å². The summed E-state index contributed by atoms with van der Waals surface area (Å²) in [6.07, 6.45) is 1.10. The molecule has 28 heavy (non-hydrogen) atoms. The van der Waals surface area contributed by atoms with E-state index >= 15 is 0 Å². The highest BCUT2D eigenvalue weighted by Gasteiger charge is 2.29. The van der Waals surface area contributed by atoms with Crippen LogP contribution in [0.25, 0.3) is 12.2 Å². The van der Waals surface area contributed by atoms with Crippen LogP contribution in [0.15, 0.2) is 24.3 Å². The molecule has 6 nitrogen and oxygen atoms in total. The van der Waals surface area contributed by atoms with Gasteiger partial charge in [-0.25, -0.2) is 0 Å². The fourth-order valence-corrected chi connectivity index (χ4v) is 4.21. The van der Waals surface area contributed by atoms with E-state index in [1.54, 1.807) is 24.3 Å². The number of phenolic OH excluding ortho intramolecular Hbond substituents is 2.